The summed E-state index contributed by atoms with van der Waals surface area (Å²) in [5.41, 5.74) is 3.38. The van der Waals surface area contributed by atoms with Gasteiger partial charge in [0.05, 0.1) is 6.04 Å². The van der Waals surface area contributed by atoms with E-state index in [4.69, 9.17) is 12.2 Å². The Bertz CT molecular complexity index is 599. The van der Waals surface area contributed by atoms with Gasteiger partial charge in [0.25, 0.3) is 0 Å². The summed E-state index contributed by atoms with van der Waals surface area (Å²) in [5, 5.41) is 7.13. The van der Waals surface area contributed by atoms with Crippen LogP contribution in [0.25, 0.3) is 0 Å². The molecule has 2 N–H and O–H groups in total. The summed E-state index contributed by atoms with van der Waals surface area (Å²) in [7, 11) is 0. The van der Waals surface area contributed by atoms with Crippen LogP contribution < -0.4 is 10.6 Å². The fraction of sp³-hybridized carbons (Fsp3) is 0.188. The van der Waals surface area contributed by atoms with Crippen LogP contribution in [0.4, 0.5) is 5.69 Å². The van der Waals surface area contributed by atoms with E-state index in [9.17, 15) is 0 Å². The highest BCUT2D eigenvalue weighted by Crippen LogP contribution is 2.20. The van der Waals surface area contributed by atoms with Crippen molar-refractivity contribution >= 4 is 38.9 Å². The minimum atomic E-state index is 0.174. The number of aryl methyl sites for hydroxylation is 1. The fourth-order valence-corrected chi connectivity index (χ4v) is 2.45. The molecular formula is C16H17BrN2S. The molecule has 0 aromatic heterocycles. The van der Waals surface area contributed by atoms with Gasteiger partial charge in [0.15, 0.2) is 5.11 Å². The first-order valence-corrected chi connectivity index (χ1v) is 7.65. The van der Waals surface area contributed by atoms with Crippen molar-refractivity contribution in [1.29, 1.82) is 0 Å². The smallest absolute Gasteiger partial charge is 0.171 e. The lowest BCUT2D eigenvalue weighted by molar-refractivity contribution is 0.722. The van der Waals surface area contributed by atoms with Crippen molar-refractivity contribution in [3.05, 3.63) is 64.1 Å². The highest BCUT2D eigenvalue weighted by molar-refractivity contribution is 9.10. The largest absolute Gasteiger partial charge is 0.356 e. The molecule has 0 aliphatic rings. The second-order valence-corrected chi connectivity index (χ2v) is 5.96. The Balaban J connectivity index is 1.97. The zero-order valence-electron chi connectivity index (χ0n) is 11.5. The van der Waals surface area contributed by atoms with Crippen LogP contribution in [0.1, 0.15) is 24.1 Å². The van der Waals surface area contributed by atoms with Gasteiger partial charge in [0.2, 0.25) is 0 Å². The first kappa shape index (κ1) is 15.0. The Morgan fingerprint density at radius 3 is 2.50 bits per heavy atom. The topological polar surface area (TPSA) is 24.1 Å². The van der Waals surface area contributed by atoms with Gasteiger partial charge in [-0.15, -0.1) is 0 Å². The first-order valence-electron chi connectivity index (χ1n) is 6.45. The molecule has 0 saturated heterocycles. The maximum atomic E-state index is 5.35. The third kappa shape index (κ3) is 4.05. The van der Waals surface area contributed by atoms with E-state index < -0.39 is 0 Å². The lowest BCUT2D eigenvalue weighted by atomic mass is 10.1. The van der Waals surface area contributed by atoms with Crippen LogP contribution in [0.2, 0.25) is 0 Å². The van der Waals surface area contributed by atoms with Gasteiger partial charge in [-0.3, -0.25) is 0 Å². The van der Waals surface area contributed by atoms with Crippen molar-refractivity contribution in [2.45, 2.75) is 19.9 Å². The van der Waals surface area contributed by atoms with Crippen LogP contribution >= 0.6 is 28.1 Å². The SMILES string of the molecule is Cc1cc(NC(=S)N[C@@H](C)c2ccccc2)ccc1Br. The van der Waals surface area contributed by atoms with Gasteiger partial charge in [-0.25, -0.2) is 0 Å². The van der Waals surface area contributed by atoms with E-state index in [1.807, 2.05) is 30.3 Å². The predicted molar refractivity (Wildman–Crippen MR) is 93.1 cm³/mol. The average Bonchev–Trinajstić information content (AvgIpc) is 2.44. The third-order valence-corrected chi connectivity index (χ3v) is 4.17. The van der Waals surface area contributed by atoms with E-state index in [1.165, 1.54) is 11.1 Å². The predicted octanol–water partition coefficient (Wildman–Crippen LogP) is 4.81. The second-order valence-electron chi connectivity index (χ2n) is 4.69. The molecule has 0 heterocycles. The number of benzene rings is 2. The molecule has 4 heteroatoms. The number of hydrogen-bond donors (Lipinski definition) is 2. The maximum Gasteiger partial charge on any atom is 0.171 e. The molecule has 0 fully saturated rings. The molecule has 1 atom stereocenters. The van der Waals surface area contributed by atoms with Gasteiger partial charge in [0, 0.05) is 10.2 Å². The molecule has 20 heavy (non-hydrogen) atoms. The number of anilines is 1. The van der Waals surface area contributed by atoms with Crippen molar-refractivity contribution in [1.82, 2.24) is 5.32 Å². The van der Waals surface area contributed by atoms with Gasteiger partial charge in [-0.2, -0.15) is 0 Å². The summed E-state index contributed by atoms with van der Waals surface area (Å²) in [5.74, 6) is 0. The van der Waals surface area contributed by atoms with Crippen molar-refractivity contribution in [2.75, 3.05) is 5.32 Å². The number of rotatable bonds is 3. The molecule has 0 aliphatic heterocycles. The number of halogens is 1. The van der Waals surface area contributed by atoms with Crippen LogP contribution in [0.3, 0.4) is 0 Å². The van der Waals surface area contributed by atoms with Gasteiger partial charge in [-0.1, -0.05) is 46.3 Å². The van der Waals surface area contributed by atoms with E-state index in [0.717, 1.165) is 10.2 Å². The van der Waals surface area contributed by atoms with Crippen LogP contribution in [-0.4, -0.2) is 5.11 Å². The lowest BCUT2D eigenvalue weighted by Gasteiger charge is -2.17. The van der Waals surface area contributed by atoms with E-state index in [2.05, 4.69) is 58.6 Å². The van der Waals surface area contributed by atoms with Gasteiger partial charge in [-0.05, 0) is 55.4 Å². The third-order valence-electron chi connectivity index (χ3n) is 3.06. The Labute approximate surface area is 133 Å². The van der Waals surface area contributed by atoms with Crippen LogP contribution in [0.15, 0.2) is 53.0 Å². The molecule has 0 bridgehead atoms. The van der Waals surface area contributed by atoms with Crippen LogP contribution in [0, 0.1) is 6.92 Å². The number of thiocarbonyl (C=S) groups is 1. The van der Waals surface area contributed by atoms with Gasteiger partial charge >= 0.3 is 0 Å². The lowest BCUT2D eigenvalue weighted by Crippen LogP contribution is -2.30. The summed E-state index contributed by atoms with van der Waals surface area (Å²) >= 11 is 8.84. The summed E-state index contributed by atoms with van der Waals surface area (Å²) in [4.78, 5) is 0. The van der Waals surface area contributed by atoms with Gasteiger partial charge < -0.3 is 10.6 Å². The zero-order chi connectivity index (χ0) is 14.5. The molecule has 104 valence electrons. The average molecular weight is 349 g/mol. The molecule has 0 aliphatic carbocycles. The fourth-order valence-electron chi connectivity index (χ4n) is 1.91. The van der Waals surface area contributed by atoms with E-state index >= 15 is 0 Å². The molecule has 2 aromatic rings. The van der Waals surface area contributed by atoms with Crippen LogP contribution in [-0.2, 0) is 0 Å². The Hall–Kier alpha value is -1.39. The Morgan fingerprint density at radius 1 is 1.15 bits per heavy atom. The minimum absolute atomic E-state index is 0.174. The first-order chi connectivity index (χ1) is 9.56. The Kier molecular flexibility index (Phi) is 5.15. The molecule has 0 spiro atoms. The summed E-state index contributed by atoms with van der Waals surface area (Å²) in [6.07, 6.45) is 0. The highest BCUT2D eigenvalue weighted by Gasteiger charge is 2.06. The summed E-state index contributed by atoms with van der Waals surface area (Å²) in [6, 6.07) is 16.5. The zero-order valence-corrected chi connectivity index (χ0v) is 13.9. The summed E-state index contributed by atoms with van der Waals surface area (Å²) < 4.78 is 1.10. The van der Waals surface area contributed by atoms with E-state index in [-0.39, 0.29) is 6.04 Å². The monoisotopic (exact) mass is 348 g/mol. The maximum absolute atomic E-state index is 5.35. The van der Waals surface area contributed by atoms with Crippen molar-refractivity contribution in [2.24, 2.45) is 0 Å². The molecule has 2 rings (SSSR count). The molecular weight excluding hydrogens is 332 g/mol. The van der Waals surface area contributed by atoms with Gasteiger partial charge in [0.1, 0.15) is 0 Å². The molecule has 0 radical (unpaired) electrons. The van der Waals surface area contributed by atoms with Crippen molar-refractivity contribution in [3.8, 4) is 0 Å². The number of nitrogens with one attached hydrogen (secondary N) is 2. The quantitative estimate of drug-likeness (QED) is 0.778. The summed E-state index contributed by atoms with van der Waals surface area (Å²) in [6.45, 7) is 4.15. The molecule has 0 unspecified atom stereocenters. The highest BCUT2D eigenvalue weighted by atomic mass is 79.9. The molecule has 0 saturated carbocycles. The minimum Gasteiger partial charge on any atom is -0.356 e. The Morgan fingerprint density at radius 2 is 1.85 bits per heavy atom. The van der Waals surface area contributed by atoms with Crippen molar-refractivity contribution < 1.29 is 0 Å². The second kappa shape index (κ2) is 6.86. The van der Waals surface area contributed by atoms with Crippen LogP contribution in [0.5, 0.6) is 0 Å². The number of hydrogen-bond acceptors (Lipinski definition) is 1. The van der Waals surface area contributed by atoms with E-state index in [0.29, 0.717) is 5.11 Å². The van der Waals surface area contributed by atoms with Crippen molar-refractivity contribution in [3.63, 3.8) is 0 Å². The molecule has 2 aromatic carbocycles. The molecule has 0 amide bonds. The standard InChI is InChI=1S/C16H17BrN2S/c1-11-10-14(8-9-15(11)17)19-16(20)18-12(2)13-6-4-3-5-7-13/h3-10,12H,1-2H3,(H2,18,19,20)/t12-/m0/s1. The molecule has 2 nitrogen and oxygen atoms in total. The normalized spacial score (nSPS) is 11.8. The van der Waals surface area contributed by atoms with E-state index in [1.54, 1.807) is 0 Å².